The fourth-order valence-corrected chi connectivity index (χ4v) is 4.72. The van der Waals surface area contributed by atoms with Crippen LogP contribution in [0.2, 0.25) is 0 Å². The Labute approximate surface area is 238 Å². The topological polar surface area (TPSA) is 90.9 Å². The lowest BCUT2D eigenvalue weighted by atomic mass is 9.99. The number of carbonyl (C=O) groups excluding carboxylic acids is 2. The summed E-state index contributed by atoms with van der Waals surface area (Å²) in [6.45, 7) is 8.15. The molecule has 0 aliphatic heterocycles. The van der Waals surface area contributed by atoms with Crippen molar-refractivity contribution in [3.8, 4) is 5.75 Å². The summed E-state index contributed by atoms with van der Waals surface area (Å²) in [4.78, 5) is 28.6. The van der Waals surface area contributed by atoms with Crippen LogP contribution in [0.15, 0.2) is 72.8 Å². The molecule has 7 nitrogen and oxygen atoms in total. The number of rotatable bonds is 15. The number of aryl methyl sites for hydroxylation is 1. The number of aliphatic hydroxyl groups is 1. The predicted octanol–water partition coefficient (Wildman–Crippen LogP) is 4.76. The number of hydrogen-bond donors (Lipinski definition) is 3. The third-order valence-electron chi connectivity index (χ3n) is 6.90. The van der Waals surface area contributed by atoms with Gasteiger partial charge in [-0.3, -0.25) is 9.59 Å². The quantitative estimate of drug-likeness (QED) is 0.256. The standard InChI is InChI=1S/C33H43N3O4/c1-5-17-36(18-6-2)33(39)27-16-15-24(3)29(21-27)32(38)35-30(20-25-11-8-7-9-12-25)31(37)23-34-22-26-13-10-14-28(19-26)40-4/h7-16,19,21,30-31,34,37H,5-6,17-18,20,22-23H2,1-4H3,(H,35,38)/t30-,31+/m0/s1. The van der Waals surface area contributed by atoms with Gasteiger partial charge in [-0.25, -0.2) is 0 Å². The van der Waals surface area contributed by atoms with Crippen molar-refractivity contribution in [1.82, 2.24) is 15.5 Å². The van der Waals surface area contributed by atoms with Gasteiger partial charge >= 0.3 is 0 Å². The summed E-state index contributed by atoms with van der Waals surface area (Å²) in [5.74, 6) is 0.399. The summed E-state index contributed by atoms with van der Waals surface area (Å²) < 4.78 is 5.29. The van der Waals surface area contributed by atoms with Gasteiger partial charge in [-0.05, 0) is 67.1 Å². The van der Waals surface area contributed by atoms with Gasteiger partial charge in [0.05, 0.1) is 19.3 Å². The number of nitrogens with one attached hydrogen (secondary N) is 2. The lowest BCUT2D eigenvalue weighted by molar-refractivity contribution is 0.0755. The summed E-state index contributed by atoms with van der Waals surface area (Å²) in [7, 11) is 1.63. The maximum Gasteiger partial charge on any atom is 0.253 e. The van der Waals surface area contributed by atoms with E-state index < -0.39 is 12.1 Å². The van der Waals surface area contributed by atoms with Gasteiger partial charge in [0.1, 0.15) is 5.75 Å². The minimum Gasteiger partial charge on any atom is -0.497 e. The largest absolute Gasteiger partial charge is 0.497 e. The Kier molecular flexibility index (Phi) is 12.2. The van der Waals surface area contributed by atoms with E-state index in [-0.39, 0.29) is 18.4 Å². The van der Waals surface area contributed by atoms with Crippen molar-refractivity contribution in [2.75, 3.05) is 26.7 Å². The van der Waals surface area contributed by atoms with Gasteiger partial charge in [0.25, 0.3) is 11.8 Å². The summed E-state index contributed by atoms with van der Waals surface area (Å²) in [5.41, 5.74) is 3.75. The second-order valence-corrected chi connectivity index (χ2v) is 10.1. The Balaban J connectivity index is 1.75. The number of amides is 2. The van der Waals surface area contributed by atoms with E-state index in [9.17, 15) is 14.7 Å². The zero-order valence-corrected chi connectivity index (χ0v) is 24.2. The van der Waals surface area contributed by atoms with E-state index in [4.69, 9.17) is 4.74 Å². The van der Waals surface area contributed by atoms with Crippen molar-refractivity contribution in [3.05, 3.63) is 101 Å². The van der Waals surface area contributed by atoms with Crippen molar-refractivity contribution in [1.29, 1.82) is 0 Å². The molecule has 2 atom stereocenters. The normalized spacial score (nSPS) is 12.4. The van der Waals surface area contributed by atoms with E-state index in [1.165, 1.54) is 0 Å². The van der Waals surface area contributed by atoms with Gasteiger partial charge in [-0.1, -0.05) is 62.4 Å². The first-order valence-electron chi connectivity index (χ1n) is 14.1. The van der Waals surface area contributed by atoms with Crippen LogP contribution in [0.3, 0.4) is 0 Å². The number of aliphatic hydroxyl groups excluding tert-OH is 1. The maximum absolute atomic E-state index is 13.6. The molecule has 0 spiro atoms. The van der Waals surface area contributed by atoms with Gasteiger partial charge < -0.3 is 25.4 Å². The van der Waals surface area contributed by atoms with Crippen LogP contribution in [0.4, 0.5) is 0 Å². The predicted molar refractivity (Wildman–Crippen MR) is 160 cm³/mol. The Morgan fingerprint density at radius 2 is 1.62 bits per heavy atom. The highest BCUT2D eigenvalue weighted by atomic mass is 16.5. The molecule has 0 saturated heterocycles. The van der Waals surface area contributed by atoms with E-state index in [2.05, 4.69) is 10.6 Å². The second kappa shape index (κ2) is 15.8. The highest BCUT2D eigenvalue weighted by molar-refractivity contribution is 6.00. The van der Waals surface area contributed by atoms with Gasteiger partial charge in [0.15, 0.2) is 0 Å². The molecule has 0 saturated carbocycles. The molecule has 0 heterocycles. The van der Waals surface area contributed by atoms with E-state index >= 15 is 0 Å². The van der Waals surface area contributed by atoms with E-state index in [0.29, 0.717) is 37.2 Å². The molecule has 0 aliphatic carbocycles. The molecule has 3 aromatic carbocycles. The van der Waals surface area contributed by atoms with Gasteiger partial charge in [-0.2, -0.15) is 0 Å². The van der Waals surface area contributed by atoms with Crippen molar-refractivity contribution in [3.63, 3.8) is 0 Å². The highest BCUT2D eigenvalue weighted by Crippen LogP contribution is 2.16. The Morgan fingerprint density at radius 1 is 0.925 bits per heavy atom. The molecular formula is C33H43N3O4. The molecule has 0 bridgehead atoms. The van der Waals surface area contributed by atoms with Crippen LogP contribution in [0, 0.1) is 6.92 Å². The number of methoxy groups -OCH3 is 1. The summed E-state index contributed by atoms with van der Waals surface area (Å²) in [6, 6.07) is 22.3. The minimum absolute atomic E-state index is 0.0691. The Bertz CT molecular complexity index is 1230. The molecule has 3 aromatic rings. The zero-order valence-electron chi connectivity index (χ0n) is 24.2. The van der Waals surface area contributed by atoms with E-state index in [0.717, 1.165) is 35.3 Å². The third kappa shape index (κ3) is 8.93. The number of hydrogen-bond acceptors (Lipinski definition) is 5. The molecule has 3 rings (SSSR count). The van der Waals surface area contributed by atoms with Crippen LogP contribution in [-0.4, -0.2) is 60.7 Å². The SMILES string of the molecule is CCCN(CCC)C(=O)c1ccc(C)c(C(=O)N[C@@H](Cc2ccccc2)[C@H](O)CNCc2cccc(OC)c2)c1. The molecule has 214 valence electrons. The Morgan fingerprint density at radius 3 is 2.30 bits per heavy atom. The molecule has 7 heteroatoms. The molecule has 0 aromatic heterocycles. The lowest BCUT2D eigenvalue weighted by Gasteiger charge is -2.26. The number of nitrogens with zero attached hydrogens (tertiary/aromatic N) is 1. The molecule has 2 amide bonds. The summed E-state index contributed by atoms with van der Waals surface area (Å²) in [5, 5.41) is 17.5. The molecule has 3 N–H and O–H groups in total. The fraction of sp³-hybridized carbons (Fsp3) is 0.394. The molecule has 0 fully saturated rings. The lowest BCUT2D eigenvalue weighted by Crippen LogP contribution is -2.48. The first kappa shape index (κ1) is 30.9. The van der Waals surface area contributed by atoms with Crippen LogP contribution in [-0.2, 0) is 13.0 Å². The zero-order chi connectivity index (χ0) is 28.9. The number of ether oxygens (including phenoxy) is 1. The van der Waals surface area contributed by atoms with Gasteiger partial charge in [-0.15, -0.1) is 0 Å². The third-order valence-corrected chi connectivity index (χ3v) is 6.90. The summed E-state index contributed by atoms with van der Waals surface area (Å²) >= 11 is 0. The monoisotopic (exact) mass is 545 g/mol. The van der Waals surface area contributed by atoms with Crippen LogP contribution in [0.5, 0.6) is 5.75 Å². The second-order valence-electron chi connectivity index (χ2n) is 10.1. The average Bonchev–Trinajstić information content (AvgIpc) is 2.97. The number of carbonyl (C=O) groups is 2. The van der Waals surface area contributed by atoms with Crippen molar-refractivity contribution in [2.24, 2.45) is 0 Å². The van der Waals surface area contributed by atoms with Crippen LogP contribution in [0.1, 0.15) is 64.1 Å². The Hall–Kier alpha value is -3.68. The minimum atomic E-state index is -0.843. The van der Waals surface area contributed by atoms with Crippen molar-refractivity contribution >= 4 is 11.8 Å². The molecular weight excluding hydrogens is 502 g/mol. The van der Waals surface area contributed by atoms with Crippen molar-refractivity contribution in [2.45, 2.75) is 58.7 Å². The van der Waals surface area contributed by atoms with Crippen LogP contribution >= 0.6 is 0 Å². The van der Waals surface area contributed by atoms with Crippen LogP contribution < -0.4 is 15.4 Å². The molecule has 40 heavy (non-hydrogen) atoms. The van der Waals surface area contributed by atoms with E-state index in [1.807, 2.05) is 86.3 Å². The number of benzene rings is 3. The highest BCUT2D eigenvalue weighted by Gasteiger charge is 2.24. The van der Waals surface area contributed by atoms with Gasteiger partial charge in [0.2, 0.25) is 0 Å². The summed E-state index contributed by atoms with van der Waals surface area (Å²) in [6.07, 6.45) is 1.36. The smallest absolute Gasteiger partial charge is 0.253 e. The molecule has 0 unspecified atom stereocenters. The van der Waals surface area contributed by atoms with E-state index in [1.54, 1.807) is 19.2 Å². The van der Waals surface area contributed by atoms with Gasteiger partial charge in [0, 0.05) is 37.3 Å². The fourth-order valence-electron chi connectivity index (χ4n) is 4.72. The first-order valence-corrected chi connectivity index (χ1v) is 14.1. The van der Waals surface area contributed by atoms with Crippen LogP contribution in [0.25, 0.3) is 0 Å². The average molecular weight is 546 g/mol. The first-order chi connectivity index (χ1) is 19.4. The maximum atomic E-state index is 13.6. The van der Waals surface area contributed by atoms with Crippen molar-refractivity contribution < 1.29 is 19.4 Å². The molecule has 0 aliphatic rings. The molecule has 0 radical (unpaired) electrons.